The Kier molecular flexibility index (Phi) is 6.06. The Morgan fingerprint density at radius 1 is 1.22 bits per heavy atom. The molecule has 32 heavy (non-hydrogen) atoms. The van der Waals surface area contributed by atoms with Crippen molar-refractivity contribution in [3.63, 3.8) is 0 Å². The molecule has 0 aromatic heterocycles. The highest BCUT2D eigenvalue weighted by atomic mass is 16.5. The summed E-state index contributed by atoms with van der Waals surface area (Å²) in [5, 5.41) is 13.7. The van der Waals surface area contributed by atoms with Crippen molar-refractivity contribution in [1.82, 2.24) is 10.2 Å². The van der Waals surface area contributed by atoms with Gasteiger partial charge >= 0.3 is 0 Å². The van der Waals surface area contributed by atoms with Crippen LogP contribution in [0.3, 0.4) is 0 Å². The van der Waals surface area contributed by atoms with Gasteiger partial charge in [0.15, 0.2) is 11.5 Å². The fraction of sp³-hybridized carbons (Fsp3) is 0.538. The van der Waals surface area contributed by atoms with Crippen LogP contribution in [-0.4, -0.2) is 41.4 Å². The van der Waals surface area contributed by atoms with E-state index in [1.54, 1.807) is 12.1 Å². The predicted molar refractivity (Wildman–Crippen MR) is 123 cm³/mol. The van der Waals surface area contributed by atoms with Crippen LogP contribution in [0, 0.1) is 11.3 Å². The molecule has 1 aliphatic carbocycles. The highest BCUT2D eigenvalue weighted by Crippen LogP contribution is 2.48. The average molecular weight is 439 g/mol. The number of hydrogen-bond acceptors (Lipinski definition) is 5. The van der Waals surface area contributed by atoms with Crippen molar-refractivity contribution in [2.24, 2.45) is 11.3 Å². The monoisotopic (exact) mass is 438 g/mol. The summed E-state index contributed by atoms with van der Waals surface area (Å²) in [6, 6.07) is 5.20. The lowest BCUT2D eigenvalue weighted by Crippen LogP contribution is -2.46. The number of ether oxygens (including phenoxy) is 1. The van der Waals surface area contributed by atoms with Crippen molar-refractivity contribution in [2.45, 2.75) is 59.3 Å². The first-order valence-electron chi connectivity index (χ1n) is 11.7. The van der Waals surface area contributed by atoms with E-state index in [9.17, 15) is 14.7 Å². The molecular formula is C26H34N2O4. The number of Topliss-reactive ketones (excluding diaryl/α,β-unsaturated/α-hetero) is 1. The van der Waals surface area contributed by atoms with Gasteiger partial charge in [-0.05, 0) is 56.2 Å². The second-order valence-corrected chi connectivity index (χ2v) is 9.86. The largest absolute Gasteiger partial charge is 0.504 e. The molecule has 6 heteroatoms. The Balaban J connectivity index is 1.86. The number of carbonyl (C=O) groups excluding carboxylic acids is 2. The lowest BCUT2D eigenvalue weighted by molar-refractivity contribution is -0.129. The number of phenolic OH excluding ortho intramolecular Hbond substituents is 1. The van der Waals surface area contributed by atoms with E-state index in [1.807, 2.05) is 24.8 Å². The number of benzene rings is 1. The maximum atomic E-state index is 13.8. The molecule has 1 aromatic rings. The topological polar surface area (TPSA) is 78.9 Å². The minimum absolute atomic E-state index is 0.00224. The molecule has 172 valence electrons. The Morgan fingerprint density at radius 2 is 1.94 bits per heavy atom. The molecule has 3 aliphatic rings. The van der Waals surface area contributed by atoms with Crippen LogP contribution >= 0.6 is 0 Å². The standard InChI is InChI=1S/C26H34N2O4/c1-5-32-21-13-17(9-10-19(21)29)23-22(25(31)28-11-7-6-8-12-28)16(2)27-18-14-26(3,4)15-20(30)24(18)23/h9-10,13-14,23-24,27,29H,5-8,11-12,15H2,1-4H3. The van der Waals surface area contributed by atoms with E-state index in [0.717, 1.165) is 49.3 Å². The molecule has 2 aliphatic heterocycles. The van der Waals surface area contributed by atoms with Crippen molar-refractivity contribution >= 4 is 11.7 Å². The van der Waals surface area contributed by atoms with Gasteiger partial charge in [-0.15, -0.1) is 0 Å². The molecule has 6 nitrogen and oxygen atoms in total. The number of nitrogens with one attached hydrogen (secondary N) is 1. The van der Waals surface area contributed by atoms with Gasteiger partial charge in [0, 0.05) is 42.4 Å². The van der Waals surface area contributed by atoms with Gasteiger partial charge in [0.25, 0.3) is 5.91 Å². The quantitative estimate of drug-likeness (QED) is 0.734. The third-order valence-electron chi connectivity index (χ3n) is 6.75. The zero-order chi connectivity index (χ0) is 23.0. The Morgan fingerprint density at radius 3 is 2.62 bits per heavy atom. The zero-order valence-corrected chi connectivity index (χ0v) is 19.5. The molecule has 1 aromatic carbocycles. The number of fused-ring (bicyclic) bond motifs is 1. The zero-order valence-electron chi connectivity index (χ0n) is 19.5. The Hall–Kier alpha value is -2.76. The van der Waals surface area contributed by atoms with Crippen LogP contribution in [0.15, 0.2) is 41.2 Å². The third-order valence-corrected chi connectivity index (χ3v) is 6.75. The smallest absolute Gasteiger partial charge is 0.252 e. The summed E-state index contributed by atoms with van der Waals surface area (Å²) in [5.41, 5.74) is 2.90. The number of nitrogens with zero attached hydrogens (tertiary/aromatic N) is 1. The summed E-state index contributed by atoms with van der Waals surface area (Å²) in [6.07, 6.45) is 5.72. The highest BCUT2D eigenvalue weighted by Gasteiger charge is 2.46. The van der Waals surface area contributed by atoms with Gasteiger partial charge in [-0.25, -0.2) is 0 Å². The van der Waals surface area contributed by atoms with Crippen LogP contribution in [0.4, 0.5) is 0 Å². The number of amides is 1. The summed E-state index contributed by atoms with van der Waals surface area (Å²) < 4.78 is 5.63. The number of likely N-dealkylation sites (tertiary alicyclic amines) is 1. The SMILES string of the molecule is CCOc1cc(C2C(C(=O)N3CCCCC3)=C(C)NC3=CC(C)(C)CC(=O)C32)ccc1O. The molecule has 0 bridgehead atoms. The number of carbonyl (C=O) groups is 2. The normalized spacial score (nSPS) is 25.1. The second-order valence-electron chi connectivity index (χ2n) is 9.86. The molecular weight excluding hydrogens is 404 g/mol. The highest BCUT2D eigenvalue weighted by molar-refractivity contribution is 5.99. The van der Waals surface area contributed by atoms with Gasteiger partial charge in [-0.2, -0.15) is 0 Å². The molecule has 2 unspecified atom stereocenters. The maximum absolute atomic E-state index is 13.8. The summed E-state index contributed by atoms with van der Waals surface area (Å²) in [4.78, 5) is 29.1. The molecule has 0 spiro atoms. The van der Waals surface area contributed by atoms with Gasteiger partial charge < -0.3 is 20.1 Å². The number of phenols is 1. The second kappa shape index (κ2) is 8.64. The minimum atomic E-state index is -0.450. The van der Waals surface area contributed by atoms with Gasteiger partial charge in [0.1, 0.15) is 5.78 Å². The van der Waals surface area contributed by atoms with E-state index in [2.05, 4.69) is 25.2 Å². The molecule has 2 N–H and O–H groups in total. The molecule has 1 saturated heterocycles. The Bertz CT molecular complexity index is 986. The molecule has 2 heterocycles. The van der Waals surface area contributed by atoms with E-state index < -0.39 is 11.8 Å². The molecule has 0 saturated carbocycles. The summed E-state index contributed by atoms with van der Waals surface area (Å²) >= 11 is 0. The fourth-order valence-corrected chi connectivity index (χ4v) is 5.37. The van der Waals surface area contributed by atoms with Gasteiger partial charge in [-0.3, -0.25) is 9.59 Å². The Labute approximate surface area is 190 Å². The molecule has 1 fully saturated rings. The van der Waals surface area contributed by atoms with E-state index in [-0.39, 0.29) is 22.9 Å². The first-order valence-corrected chi connectivity index (χ1v) is 11.7. The number of rotatable bonds is 4. The van der Waals surface area contributed by atoms with Gasteiger partial charge in [-0.1, -0.05) is 26.0 Å². The lowest BCUT2D eigenvalue weighted by Gasteiger charge is -2.43. The molecule has 2 atom stereocenters. The fourth-order valence-electron chi connectivity index (χ4n) is 5.37. The van der Waals surface area contributed by atoms with E-state index >= 15 is 0 Å². The number of hydrogen-bond donors (Lipinski definition) is 2. The lowest BCUT2D eigenvalue weighted by atomic mass is 9.66. The van der Waals surface area contributed by atoms with E-state index in [4.69, 9.17) is 4.74 Å². The van der Waals surface area contributed by atoms with E-state index in [1.165, 1.54) is 0 Å². The summed E-state index contributed by atoms with van der Waals surface area (Å²) in [6.45, 7) is 9.82. The first-order chi connectivity index (χ1) is 15.2. The number of piperidine rings is 1. The van der Waals surface area contributed by atoms with Crippen LogP contribution < -0.4 is 10.1 Å². The van der Waals surface area contributed by atoms with Gasteiger partial charge in [0.05, 0.1) is 12.5 Å². The van der Waals surface area contributed by atoms with Gasteiger partial charge in [0.2, 0.25) is 0 Å². The maximum Gasteiger partial charge on any atom is 0.252 e. The van der Waals surface area contributed by atoms with Crippen LogP contribution in [0.5, 0.6) is 11.5 Å². The van der Waals surface area contributed by atoms with Crippen LogP contribution in [-0.2, 0) is 9.59 Å². The van der Waals surface area contributed by atoms with Crippen molar-refractivity contribution < 1.29 is 19.4 Å². The van der Waals surface area contributed by atoms with Crippen LogP contribution in [0.25, 0.3) is 0 Å². The predicted octanol–water partition coefficient (Wildman–Crippen LogP) is 4.26. The summed E-state index contributed by atoms with van der Waals surface area (Å²) in [5.74, 6) is -0.300. The third kappa shape index (κ3) is 4.15. The average Bonchev–Trinajstić information content (AvgIpc) is 2.74. The van der Waals surface area contributed by atoms with Crippen LogP contribution in [0.1, 0.15) is 64.9 Å². The number of ketones is 1. The van der Waals surface area contributed by atoms with Crippen molar-refractivity contribution in [2.75, 3.05) is 19.7 Å². The van der Waals surface area contributed by atoms with Crippen molar-refractivity contribution in [1.29, 1.82) is 0 Å². The molecule has 4 rings (SSSR count). The first kappa shape index (κ1) is 22.4. The van der Waals surface area contributed by atoms with Crippen molar-refractivity contribution in [3.05, 3.63) is 46.8 Å². The number of allylic oxidation sites excluding steroid dienone is 3. The summed E-state index contributed by atoms with van der Waals surface area (Å²) in [7, 11) is 0. The number of aromatic hydroxyl groups is 1. The molecule has 1 amide bonds. The van der Waals surface area contributed by atoms with Crippen molar-refractivity contribution in [3.8, 4) is 11.5 Å². The van der Waals surface area contributed by atoms with E-state index in [0.29, 0.717) is 24.4 Å². The molecule has 0 radical (unpaired) electrons. The minimum Gasteiger partial charge on any atom is -0.504 e. The van der Waals surface area contributed by atoms with Crippen LogP contribution in [0.2, 0.25) is 0 Å².